The van der Waals surface area contributed by atoms with Crippen molar-refractivity contribution in [1.29, 1.82) is 0 Å². The number of unbranched alkanes of at least 4 members (excludes halogenated alkanes) is 4. The first kappa shape index (κ1) is 14.9. The standard InChI is InChI=1S/C13H27NO3/c1-2-3-4-5-6-7-10-8-12(16)13(17)11(9-15)14-10/h10-17H,2-9H2,1H3/t10-,11-,12+,13+/m1/s1. The van der Waals surface area contributed by atoms with Gasteiger partial charge in [0.05, 0.1) is 24.9 Å². The molecule has 0 aromatic carbocycles. The summed E-state index contributed by atoms with van der Waals surface area (Å²) in [6.45, 7) is 2.08. The Labute approximate surface area is 104 Å². The lowest BCUT2D eigenvalue weighted by Crippen LogP contribution is -2.58. The van der Waals surface area contributed by atoms with Gasteiger partial charge in [-0.3, -0.25) is 0 Å². The van der Waals surface area contributed by atoms with E-state index < -0.39 is 12.2 Å². The molecule has 4 heteroatoms. The highest BCUT2D eigenvalue weighted by Crippen LogP contribution is 2.19. The van der Waals surface area contributed by atoms with Crippen molar-refractivity contribution in [2.45, 2.75) is 76.2 Å². The molecule has 0 aromatic heterocycles. The molecule has 1 fully saturated rings. The maximum atomic E-state index is 9.69. The van der Waals surface area contributed by atoms with Crippen LogP contribution in [0.25, 0.3) is 0 Å². The number of piperidine rings is 1. The molecule has 0 radical (unpaired) electrons. The smallest absolute Gasteiger partial charge is 0.0974 e. The molecule has 0 aliphatic carbocycles. The molecule has 4 N–H and O–H groups in total. The van der Waals surface area contributed by atoms with Gasteiger partial charge in [0.2, 0.25) is 0 Å². The van der Waals surface area contributed by atoms with E-state index in [9.17, 15) is 10.2 Å². The molecule has 17 heavy (non-hydrogen) atoms. The topological polar surface area (TPSA) is 72.7 Å². The van der Waals surface area contributed by atoms with Crippen molar-refractivity contribution >= 4 is 0 Å². The van der Waals surface area contributed by atoms with Gasteiger partial charge in [-0.05, 0) is 12.8 Å². The van der Waals surface area contributed by atoms with Crippen LogP contribution in [0, 0.1) is 0 Å². The highest BCUT2D eigenvalue weighted by molar-refractivity contribution is 4.91. The average Bonchev–Trinajstić information content (AvgIpc) is 2.33. The van der Waals surface area contributed by atoms with Crippen LogP contribution in [0.4, 0.5) is 0 Å². The molecule has 0 aromatic rings. The summed E-state index contributed by atoms with van der Waals surface area (Å²) in [5, 5.41) is 31.6. The molecular formula is C13H27NO3. The average molecular weight is 245 g/mol. The van der Waals surface area contributed by atoms with Crippen molar-refractivity contribution in [2.24, 2.45) is 0 Å². The van der Waals surface area contributed by atoms with Gasteiger partial charge in [-0.2, -0.15) is 0 Å². The van der Waals surface area contributed by atoms with E-state index in [0.717, 1.165) is 12.8 Å². The molecule has 4 nitrogen and oxygen atoms in total. The summed E-state index contributed by atoms with van der Waals surface area (Å²) in [4.78, 5) is 0. The lowest BCUT2D eigenvalue weighted by molar-refractivity contribution is -0.0519. The third-order valence-corrected chi connectivity index (χ3v) is 3.64. The summed E-state index contributed by atoms with van der Waals surface area (Å²) in [6, 6.07) is -0.147. The Balaban J connectivity index is 2.20. The quantitative estimate of drug-likeness (QED) is 0.500. The van der Waals surface area contributed by atoms with Gasteiger partial charge >= 0.3 is 0 Å². The fourth-order valence-electron chi connectivity index (χ4n) is 2.52. The van der Waals surface area contributed by atoms with Crippen molar-refractivity contribution in [3.05, 3.63) is 0 Å². The minimum atomic E-state index is -0.837. The first-order valence-corrected chi connectivity index (χ1v) is 6.92. The van der Waals surface area contributed by atoms with E-state index in [-0.39, 0.29) is 18.7 Å². The normalized spacial score (nSPS) is 33.9. The minimum absolute atomic E-state index is 0.120. The molecule has 0 spiro atoms. The Morgan fingerprint density at radius 1 is 1.12 bits per heavy atom. The zero-order valence-electron chi connectivity index (χ0n) is 10.8. The van der Waals surface area contributed by atoms with Crippen LogP contribution in [0.5, 0.6) is 0 Å². The van der Waals surface area contributed by atoms with E-state index in [1.165, 1.54) is 25.7 Å². The second-order valence-electron chi connectivity index (χ2n) is 5.15. The van der Waals surface area contributed by atoms with Gasteiger partial charge in [-0.15, -0.1) is 0 Å². The zero-order chi connectivity index (χ0) is 12.7. The molecule has 0 amide bonds. The SMILES string of the molecule is CCCCCCC[C@@H]1C[C@H](O)[C@@H](O)[C@@H](CO)N1. The Morgan fingerprint density at radius 3 is 2.47 bits per heavy atom. The van der Waals surface area contributed by atoms with Gasteiger partial charge in [0, 0.05) is 6.04 Å². The van der Waals surface area contributed by atoms with Crippen LogP contribution in [-0.4, -0.2) is 46.2 Å². The number of nitrogens with one attached hydrogen (secondary N) is 1. The third-order valence-electron chi connectivity index (χ3n) is 3.64. The Morgan fingerprint density at radius 2 is 1.82 bits per heavy atom. The maximum absolute atomic E-state index is 9.69. The van der Waals surface area contributed by atoms with E-state index in [0.29, 0.717) is 6.42 Å². The second kappa shape index (κ2) is 8.03. The van der Waals surface area contributed by atoms with E-state index >= 15 is 0 Å². The van der Waals surface area contributed by atoms with E-state index in [1.807, 2.05) is 0 Å². The molecule has 0 saturated carbocycles. The first-order chi connectivity index (χ1) is 8.19. The van der Waals surface area contributed by atoms with Crippen molar-refractivity contribution in [1.82, 2.24) is 5.32 Å². The van der Waals surface area contributed by atoms with Crippen LogP contribution < -0.4 is 5.32 Å². The summed E-state index contributed by atoms with van der Waals surface area (Å²) < 4.78 is 0. The Hall–Kier alpha value is -0.160. The molecule has 0 bridgehead atoms. The molecule has 1 aliphatic heterocycles. The Bertz CT molecular complexity index is 201. The van der Waals surface area contributed by atoms with Crippen LogP contribution in [0.3, 0.4) is 0 Å². The lowest BCUT2D eigenvalue weighted by Gasteiger charge is -2.37. The van der Waals surface area contributed by atoms with Crippen molar-refractivity contribution < 1.29 is 15.3 Å². The van der Waals surface area contributed by atoms with E-state index in [2.05, 4.69) is 12.2 Å². The summed E-state index contributed by atoms with van der Waals surface area (Å²) in [7, 11) is 0. The van der Waals surface area contributed by atoms with Crippen LogP contribution in [0.15, 0.2) is 0 Å². The summed E-state index contributed by atoms with van der Waals surface area (Å²) in [5.74, 6) is 0. The number of aliphatic hydroxyl groups excluding tert-OH is 3. The first-order valence-electron chi connectivity index (χ1n) is 6.92. The number of hydrogen-bond donors (Lipinski definition) is 4. The van der Waals surface area contributed by atoms with Gasteiger partial charge in [0.1, 0.15) is 0 Å². The minimum Gasteiger partial charge on any atom is -0.395 e. The number of rotatable bonds is 7. The molecule has 4 atom stereocenters. The van der Waals surface area contributed by atoms with Gasteiger partial charge in [-0.1, -0.05) is 39.0 Å². The van der Waals surface area contributed by atoms with Crippen molar-refractivity contribution in [3.8, 4) is 0 Å². The fraction of sp³-hybridized carbons (Fsp3) is 1.00. The summed E-state index contributed by atoms with van der Waals surface area (Å²) in [5.41, 5.74) is 0. The number of hydrogen-bond acceptors (Lipinski definition) is 4. The highest BCUT2D eigenvalue weighted by Gasteiger charge is 2.34. The summed E-state index contributed by atoms with van der Waals surface area (Å²) >= 11 is 0. The highest BCUT2D eigenvalue weighted by atomic mass is 16.3. The van der Waals surface area contributed by atoms with E-state index in [4.69, 9.17) is 5.11 Å². The van der Waals surface area contributed by atoms with Crippen LogP contribution in [0.2, 0.25) is 0 Å². The van der Waals surface area contributed by atoms with Crippen molar-refractivity contribution in [3.63, 3.8) is 0 Å². The predicted molar refractivity (Wildman–Crippen MR) is 67.8 cm³/mol. The van der Waals surface area contributed by atoms with Gasteiger partial charge in [0.25, 0.3) is 0 Å². The monoisotopic (exact) mass is 245 g/mol. The summed E-state index contributed by atoms with van der Waals surface area (Å²) in [6.07, 6.45) is 6.27. The molecular weight excluding hydrogens is 218 g/mol. The fourth-order valence-corrected chi connectivity index (χ4v) is 2.52. The molecule has 1 rings (SSSR count). The largest absolute Gasteiger partial charge is 0.395 e. The van der Waals surface area contributed by atoms with Crippen LogP contribution in [-0.2, 0) is 0 Å². The molecule has 1 heterocycles. The van der Waals surface area contributed by atoms with E-state index in [1.54, 1.807) is 0 Å². The maximum Gasteiger partial charge on any atom is 0.0974 e. The molecule has 102 valence electrons. The second-order valence-corrected chi connectivity index (χ2v) is 5.15. The lowest BCUT2D eigenvalue weighted by atomic mass is 9.90. The predicted octanol–water partition coefficient (Wildman–Crippen LogP) is 0.791. The third kappa shape index (κ3) is 4.92. The Kier molecular flexibility index (Phi) is 7.04. The van der Waals surface area contributed by atoms with Crippen molar-refractivity contribution in [2.75, 3.05) is 6.61 Å². The van der Waals surface area contributed by atoms with Crippen LogP contribution in [0.1, 0.15) is 51.9 Å². The zero-order valence-corrected chi connectivity index (χ0v) is 10.8. The molecule has 1 aliphatic rings. The van der Waals surface area contributed by atoms with Gasteiger partial charge in [-0.25, -0.2) is 0 Å². The van der Waals surface area contributed by atoms with Crippen LogP contribution >= 0.6 is 0 Å². The molecule has 1 saturated heterocycles. The van der Waals surface area contributed by atoms with Gasteiger partial charge in [0.15, 0.2) is 0 Å². The van der Waals surface area contributed by atoms with Gasteiger partial charge < -0.3 is 20.6 Å². The number of aliphatic hydroxyl groups is 3. The molecule has 0 unspecified atom stereocenters.